The fraction of sp³-hybridized carbons (Fsp3) is 0.250. The summed E-state index contributed by atoms with van der Waals surface area (Å²) in [6, 6.07) is 8.86. The number of halogens is 2. The molecule has 0 aliphatic carbocycles. The topological polar surface area (TPSA) is 38.0 Å². The van der Waals surface area contributed by atoms with E-state index in [1.54, 1.807) is 25.1 Å². The van der Waals surface area contributed by atoms with Gasteiger partial charge in [0.05, 0.1) is 10.7 Å². The van der Waals surface area contributed by atoms with E-state index in [9.17, 15) is 4.39 Å². The standard InChI is InChI=1S/C16H18ClFN2/c1-9-4-5-12(7-14(9)18)11(3)20-16-8-13(17)15(19)6-10(16)2/h4-8,11,20H,19H2,1-3H3. The molecule has 1 unspecified atom stereocenters. The first kappa shape index (κ1) is 14.7. The van der Waals surface area contributed by atoms with E-state index in [4.69, 9.17) is 17.3 Å². The van der Waals surface area contributed by atoms with Crippen molar-refractivity contribution in [2.75, 3.05) is 11.1 Å². The summed E-state index contributed by atoms with van der Waals surface area (Å²) >= 11 is 6.04. The SMILES string of the molecule is Cc1ccc(C(C)Nc2cc(Cl)c(N)cc2C)cc1F. The molecular weight excluding hydrogens is 275 g/mol. The van der Waals surface area contributed by atoms with Crippen molar-refractivity contribution < 1.29 is 4.39 Å². The van der Waals surface area contributed by atoms with Gasteiger partial charge in [-0.1, -0.05) is 23.7 Å². The summed E-state index contributed by atoms with van der Waals surface area (Å²) < 4.78 is 13.6. The number of nitrogens with one attached hydrogen (secondary N) is 1. The Hall–Kier alpha value is -1.74. The number of rotatable bonds is 3. The van der Waals surface area contributed by atoms with Crippen LogP contribution in [0.5, 0.6) is 0 Å². The van der Waals surface area contributed by atoms with Crippen LogP contribution in [0.3, 0.4) is 0 Å². The highest BCUT2D eigenvalue weighted by atomic mass is 35.5. The van der Waals surface area contributed by atoms with Crippen molar-refractivity contribution in [3.63, 3.8) is 0 Å². The molecule has 4 heteroatoms. The van der Waals surface area contributed by atoms with Crippen LogP contribution in [0.2, 0.25) is 5.02 Å². The number of aryl methyl sites for hydroxylation is 2. The Bertz CT molecular complexity index is 641. The second-order valence-corrected chi connectivity index (χ2v) is 5.47. The Morgan fingerprint density at radius 2 is 1.85 bits per heavy atom. The minimum atomic E-state index is -0.191. The van der Waals surface area contributed by atoms with E-state index >= 15 is 0 Å². The molecule has 0 aliphatic rings. The molecular formula is C16H18ClFN2. The van der Waals surface area contributed by atoms with E-state index in [0.717, 1.165) is 16.8 Å². The van der Waals surface area contributed by atoms with Crippen molar-refractivity contribution in [2.45, 2.75) is 26.8 Å². The van der Waals surface area contributed by atoms with Gasteiger partial charge in [0.15, 0.2) is 0 Å². The van der Waals surface area contributed by atoms with Gasteiger partial charge in [-0.05, 0) is 55.7 Å². The van der Waals surface area contributed by atoms with Crippen LogP contribution in [0.1, 0.15) is 29.7 Å². The molecule has 0 saturated heterocycles. The van der Waals surface area contributed by atoms with E-state index in [1.807, 2.05) is 26.0 Å². The molecule has 3 N–H and O–H groups in total. The van der Waals surface area contributed by atoms with Crippen LogP contribution < -0.4 is 11.1 Å². The van der Waals surface area contributed by atoms with E-state index in [0.29, 0.717) is 16.3 Å². The third-order valence-electron chi connectivity index (χ3n) is 3.41. The van der Waals surface area contributed by atoms with Gasteiger partial charge in [0.25, 0.3) is 0 Å². The molecule has 2 aromatic rings. The monoisotopic (exact) mass is 292 g/mol. The molecule has 0 saturated carbocycles. The number of hydrogen-bond acceptors (Lipinski definition) is 2. The molecule has 0 bridgehead atoms. The average Bonchev–Trinajstić information content (AvgIpc) is 2.39. The first-order valence-electron chi connectivity index (χ1n) is 6.46. The second-order valence-electron chi connectivity index (χ2n) is 5.06. The predicted molar refractivity (Wildman–Crippen MR) is 83.8 cm³/mol. The zero-order valence-electron chi connectivity index (χ0n) is 11.8. The predicted octanol–water partition coefficient (Wildman–Crippen LogP) is 4.85. The van der Waals surface area contributed by atoms with Crippen LogP contribution in [0.4, 0.5) is 15.8 Å². The van der Waals surface area contributed by atoms with Crippen molar-refractivity contribution in [1.82, 2.24) is 0 Å². The molecule has 0 heterocycles. The average molecular weight is 293 g/mol. The minimum absolute atomic E-state index is 0.0245. The summed E-state index contributed by atoms with van der Waals surface area (Å²) in [4.78, 5) is 0. The molecule has 0 radical (unpaired) electrons. The maximum absolute atomic E-state index is 13.6. The van der Waals surface area contributed by atoms with Crippen LogP contribution in [-0.4, -0.2) is 0 Å². The number of hydrogen-bond donors (Lipinski definition) is 2. The summed E-state index contributed by atoms with van der Waals surface area (Å²) in [6.45, 7) is 5.69. The van der Waals surface area contributed by atoms with E-state index in [1.165, 1.54) is 0 Å². The highest BCUT2D eigenvalue weighted by molar-refractivity contribution is 6.33. The molecule has 0 amide bonds. The molecule has 0 fully saturated rings. The molecule has 1 atom stereocenters. The first-order chi connectivity index (χ1) is 9.38. The van der Waals surface area contributed by atoms with Crippen molar-refractivity contribution in [1.29, 1.82) is 0 Å². The molecule has 2 rings (SSSR count). The van der Waals surface area contributed by atoms with Gasteiger partial charge in [0.1, 0.15) is 5.82 Å². The van der Waals surface area contributed by atoms with Crippen LogP contribution in [0, 0.1) is 19.7 Å². The summed E-state index contributed by atoms with van der Waals surface area (Å²) in [5, 5.41) is 3.85. The van der Waals surface area contributed by atoms with Crippen molar-refractivity contribution in [2.24, 2.45) is 0 Å². The highest BCUT2D eigenvalue weighted by Crippen LogP contribution is 2.29. The maximum Gasteiger partial charge on any atom is 0.126 e. The van der Waals surface area contributed by atoms with Crippen LogP contribution in [0.15, 0.2) is 30.3 Å². The lowest BCUT2D eigenvalue weighted by Crippen LogP contribution is -2.08. The number of benzene rings is 2. The smallest absolute Gasteiger partial charge is 0.126 e. The normalized spacial score (nSPS) is 12.2. The summed E-state index contributed by atoms with van der Waals surface area (Å²) in [5.74, 6) is -0.191. The zero-order chi connectivity index (χ0) is 14.9. The fourth-order valence-corrected chi connectivity index (χ4v) is 2.22. The zero-order valence-corrected chi connectivity index (χ0v) is 12.6. The van der Waals surface area contributed by atoms with Gasteiger partial charge >= 0.3 is 0 Å². The third-order valence-corrected chi connectivity index (χ3v) is 3.74. The Morgan fingerprint density at radius 3 is 2.50 bits per heavy atom. The van der Waals surface area contributed by atoms with E-state index in [2.05, 4.69) is 5.32 Å². The van der Waals surface area contributed by atoms with Gasteiger partial charge in [-0.2, -0.15) is 0 Å². The van der Waals surface area contributed by atoms with Gasteiger partial charge < -0.3 is 11.1 Å². The molecule has 20 heavy (non-hydrogen) atoms. The Labute approximate surface area is 123 Å². The van der Waals surface area contributed by atoms with E-state index in [-0.39, 0.29) is 11.9 Å². The Morgan fingerprint density at radius 1 is 1.15 bits per heavy atom. The minimum Gasteiger partial charge on any atom is -0.398 e. The summed E-state index contributed by atoms with van der Waals surface area (Å²) in [5.41, 5.74) is 9.76. The summed E-state index contributed by atoms with van der Waals surface area (Å²) in [6.07, 6.45) is 0. The number of anilines is 2. The van der Waals surface area contributed by atoms with Gasteiger partial charge in [0.2, 0.25) is 0 Å². The second kappa shape index (κ2) is 5.71. The molecule has 0 aliphatic heterocycles. The fourth-order valence-electron chi connectivity index (χ4n) is 2.05. The van der Waals surface area contributed by atoms with Gasteiger partial charge in [0, 0.05) is 11.7 Å². The van der Waals surface area contributed by atoms with Crippen LogP contribution in [0.25, 0.3) is 0 Å². The van der Waals surface area contributed by atoms with E-state index < -0.39 is 0 Å². The number of nitrogen functional groups attached to an aromatic ring is 1. The molecule has 2 nitrogen and oxygen atoms in total. The lowest BCUT2D eigenvalue weighted by Gasteiger charge is -2.18. The lowest BCUT2D eigenvalue weighted by molar-refractivity contribution is 0.614. The highest BCUT2D eigenvalue weighted by Gasteiger charge is 2.10. The number of nitrogens with two attached hydrogens (primary N) is 1. The first-order valence-corrected chi connectivity index (χ1v) is 6.84. The van der Waals surface area contributed by atoms with Crippen molar-refractivity contribution in [3.8, 4) is 0 Å². The van der Waals surface area contributed by atoms with Gasteiger partial charge in [-0.15, -0.1) is 0 Å². The quantitative estimate of drug-likeness (QED) is 0.794. The van der Waals surface area contributed by atoms with Gasteiger partial charge in [-0.25, -0.2) is 4.39 Å². The molecule has 106 valence electrons. The van der Waals surface area contributed by atoms with Crippen LogP contribution in [-0.2, 0) is 0 Å². The van der Waals surface area contributed by atoms with Crippen LogP contribution >= 0.6 is 11.6 Å². The summed E-state index contributed by atoms with van der Waals surface area (Å²) in [7, 11) is 0. The van der Waals surface area contributed by atoms with Crippen molar-refractivity contribution in [3.05, 3.63) is 57.9 Å². The largest absolute Gasteiger partial charge is 0.398 e. The maximum atomic E-state index is 13.6. The molecule has 2 aromatic carbocycles. The van der Waals surface area contributed by atoms with Crippen molar-refractivity contribution >= 4 is 23.0 Å². The molecule has 0 aromatic heterocycles. The Balaban J connectivity index is 2.25. The Kier molecular flexibility index (Phi) is 4.19. The third kappa shape index (κ3) is 3.05. The lowest BCUT2D eigenvalue weighted by atomic mass is 10.0. The molecule has 0 spiro atoms. The van der Waals surface area contributed by atoms with Gasteiger partial charge in [-0.3, -0.25) is 0 Å².